The SMILES string of the molecule is O=C(O)NC(C[C@@H]1CCNC1=O)C(=O)CBr. The van der Waals surface area contributed by atoms with Gasteiger partial charge in [0.2, 0.25) is 5.91 Å². The molecule has 1 heterocycles. The fraction of sp³-hybridized carbons (Fsp3) is 0.667. The van der Waals surface area contributed by atoms with Crippen LogP contribution in [0.1, 0.15) is 12.8 Å². The van der Waals surface area contributed by atoms with Crippen molar-refractivity contribution >= 4 is 33.7 Å². The summed E-state index contributed by atoms with van der Waals surface area (Å²) in [6.45, 7) is 0.589. The van der Waals surface area contributed by atoms with Gasteiger partial charge in [-0.2, -0.15) is 0 Å². The third-order valence-electron chi connectivity index (χ3n) is 2.50. The second kappa shape index (κ2) is 5.83. The lowest BCUT2D eigenvalue weighted by atomic mass is 9.96. The molecular formula is C9H13BrN2O4. The van der Waals surface area contributed by atoms with Crippen LogP contribution in [0.5, 0.6) is 0 Å². The Bertz CT molecular complexity index is 308. The number of hydrogen-bond acceptors (Lipinski definition) is 3. The van der Waals surface area contributed by atoms with Crippen molar-refractivity contribution in [3.8, 4) is 0 Å². The first-order valence-electron chi connectivity index (χ1n) is 4.90. The van der Waals surface area contributed by atoms with Crippen LogP contribution < -0.4 is 10.6 Å². The highest BCUT2D eigenvalue weighted by Crippen LogP contribution is 2.17. The van der Waals surface area contributed by atoms with Crippen LogP contribution in [0, 0.1) is 5.92 Å². The lowest BCUT2D eigenvalue weighted by Gasteiger charge is -2.17. The molecule has 1 saturated heterocycles. The molecule has 0 aromatic rings. The molecule has 3 N–H and O–H groups in total. The smallest absolute Gasteiger partial charge is 0.405 e. The van der Waals surface area contributed by atoms with Gasteiger partial charge in [0.05, 0.1) is 11.4 Å². The molecule has 7 heteroatoms. The number of amides is 2. The third kappa shape index (κ3) is 3.48. The summed E-state index contributed by atoms with van der Waals surface area (Å²) in [6.07, 6.45) is -0.382. The number of rotatable bonds is 5. The van der Waals surface area contributed by atoms with Crippen molar-refractivity contribution in [1.29, 1.82) is 0 Å². The summed E-state index contributed by atoms with van der Waals surface area (Å²) in [6, 6.07) is -0.814. The molecule has 0 spiro atoms. The van der Waals surface area contributed by atoms with Gasteiger partial charge in [0.1, 0.15) is 0 Å². The highest BCUT2D eigenvalue weighted by atomic mass is 79.9. The monoisotopic (exact) mass is 292 g/mol. The highest BCUT2D eigenvalue weighted by Gasteiger charge is 2.30. The van der Waals surface area contributed by atoms with Crippen LogP contribution in [0.15, 0.2) is 0 Å². The Labute approximate surface area is 101 Å². The molecule has 0 radical (unpaired) electrons. The number of hydrogen-bond donors (Lipinski definition) is 3. The van der Waals surface area contributed by atoms with Crippen molar-refractivity contribution in [2.45, 2.75) is 18.9 Å². The number of halogens is 1. The first-order valence-corrected chi connectivity index (χ1v) is 6.02. The summed E-state index contributed by atoms with van der Waals surface area (Å²) in [7, 11) is 0. The second-order valence-electron chi connectivity index (χ2n) is 3.61. The number of Topliss-reactive ketones (excluding diaryl/α,β-unsaturated/α-hetero) is 1. The first-order chi connectivity index (χ1) is 7.54. The summed E-state index contributed by atoms with van der Waals surface area (Å²) >= 11 is 2.99. The molecule has 1 aliphatic heterocycles. The van der Waals surface area contributed by atoms with Gasteiger partial charge in [-0.05, 0) is 12.8 Å². The average Bonchev–Trinajstić information content (AvgIpc) is 2.61. The molecule has 90 valence electrons. The van der Waals surface area contributed by atoms with Gasteiger partial charge in [-0.3, -0.25) is 9.59 Å². The van der Waals surface area contributed by atoms with Crippen LogP contribution in [0.2, 0.25) is 0 Å². The van der Waals surface area contributed by atoms with E-state index in [9.17, 15) is 14.4 Å². The standard InChI is InChI=1S/C9H13BrN2O4/c10-4-7(13)6(12-9(15)16)3-5-1-2-11-8(5)14/h5-6,12H,1-4H2,(H,11,14)(H,15,16)/t5-,6?/m0/s1. The predicted octanol–water partition coefficient (Wildman–Crippen LogP) is 0.113. The Balaban J connectivity index is 2.58. The topological polar surface area (TPSA) is 95.5 Å². The summed E-state index contributed by atoms with van der Waals surface area (Å²) in [5, 5.41) is 13.4. The Kier molecular flexibility index (Phi) is 4.72. The van der Waals surface area contributed by atoms with Crippen LogP contribution in [0.25, 0.3) is 0 Å². The molecule has 0 aromatic heterocycles. The van der Waals surface area contributed by atoms with E-state index in [-0.39, 0.29) is 29.4 Å². The Morgan fingerprint density at radius 3 is 2.75 bits per heavy atom. The minimum absolute atomic E-state index is 0.0757. The van der Waals surface area contributed by atoms with Crippen LogP contribution in [-0.4, -0.2) is 40.8 Å². The van der Waals surface area contributed by atoms with Gasteiger partial charge in [-0.1, -0.05) is 15.9 Å². The summed E-state index contributed by atoms with van der Waals surface area (Å²) in [4.78, 5) is 33.2. The number of carboxylic acid groups (broad SMARTS) is 1. The maximum absolute atomic E-state index is 11.4. The number of ketones is 1. The van der Waals surface area contributed by atoms with E-state index in [1.807, 2.05) is 0 Å². The van der Waals surface area contributed by atoms with E-state index in [2.05, 4.69) is 26.6 Å². The van der Waals surface area contributed by atoms with Crippen molar-refractivity contribution in [2.75, 3.05) is 11.9 Å². The zero-order valence-electron chi connectivity index (χ0n) is 8.53. The second-order valence-corrected chi connectivity index (χ2v) is 4.18. The zero-order valence-corrected chi connectivity index (χ0v) is 10.1. The van der Waals surface area contributed by atoms with Gasteiger partial charge in [-0.15, -0.1) is 0 Å². The molecule has 0 aromatic carbocycles. The summed E-state index contributed by atoms with van der Waals surface area (Å²) in [5.41, 5.74) is 0. The van der Waals surface area contributed by atoms with E-state index < -0.39 is 12.1 Å². The summed E-state index contributed by atoms with van der Waals surface area (Å²) in [5.74, 6) is -0.651. The van der Waals surface area contributed by atoms with Crippen LogP contribution in [0.3, 0.4) is 0 Å². The molecule has 6 nitrogen and oxygen atoms in total. The number of alkyl halides is 1. The normalized spacial score (nSPS) is 21.3. The molecule has 1 unspecified atom stereocenters. The summed E-state index contributed by atoms with van der Waals surface area (Å²) < 4.78 is 0. The molecule has 2 atom stereocenters. The van der Waals surface area contributed by atoms with E-state index in [1.165, 1.54) is 0 Å². The lowest BCUT2D eigenvalue weighted by molar-refractivity contribution is -0.123. The largest absolute Gasteiger partial charge is 0.465 e. The van der Waals surface area contributed by atoms with Crippen molar-refractivity contribution in [2.24, 2.45) is 5.92 Å². The predicted molar refractivity (Wildman–Crippen MR) is 59.5 cm³/mol. The fourth-order valence-corrected chi connectivity index (χ4v) is 2.06. The molecule has 0 aliphatic carbocycles. The maximum atomic E-state index is 11.4. The quantitative estimate of drug-likeness (QED) is 0.627. The van der Waals surface area contributed by atoms with Crippen LogP contribution in [-0.2, 0) is 9.59 Å². The fourth-order valence-electron chi connectivity index (χ4n) is 1.67. The third-order valence-corrected chi connectivity index (χ3v) is 3.05. The number of nitrogens with one attached hydrogen (secondary N) is 2. The van der Waals surface area contributed by atoms with E-state index >= 15 is 0 Å². The minimum Gasteiger partial charge on any atom is -0.465 e. The molecule has 2 amide bonds. The van der Waals surface area contributed by atoms with Gasteiger partial charge >= 0.3 is 6.09 Å². The average molecular weight is 293 g/mol. The van der Waals surface area contributed by atoms with Crippen molar-refractivity contribution in [1.82, 2.24) is 10.6 Å². The molecule has 1 rings (SSSR count). The molecule has 16 heavy (non-hydrogen) atoms. The Morgan fingerprint density at radius 2 is 2.31 bits per heavy atom. The molecular weight excluding hydrogens is 280 g/mol. The molecule has 0 saturated carbocycles. The number of carbonyl (C=O) groups excluding carboxylic acids is 2. The van der Waals surface area contributed by atoms with E-state index in [0.717, 1.165) is 0 Å². The van der Waals surface area contributed by atoms with Gasteiger partial charge in [-0.25, -0.2) is 4.79 Å². The highest BCUT2D eigenvalue weighted by molar-refractivity contribution is 9.09. The van der Waals surface area contributed by atoms with Gasteiger partial charge < -0.3 is 15.7 Å². The molecule has 0 bridgehead atoms. The molecule has 1 fully saturated rings. The van der Waals surface area contributed by atoms with Crippen molar-refractivity contribution in [3.63, 3.8) is 0 Å². The first kappa shape index (κ1) is 13.0. The van der Waals surface area contributed by atoms with E-state index in [0.29, 0.717) is 13.0 Å². The Morgan fingerprint density at radius 1 is 1.62 bits per heavy atom. The lowest BCUT2D eigenvalue weighted by Crippen LogP contribution is -2.42. The Hall–Kier alpha value is -1.11. The van der Waals surface area contributed by atoms with Crippen molar-refractivity contribution < 1.29 is 19.5 Å². The number of carbonyl (C=O) groups is 3. The van der Waals surface area contributed by atoms with Crippen LogP contribution >= 0.6 is 15.9 Å². The van der Waals surface area contributed by atoms with Gasteiger partial charge in [0.15, 0.2) is 5.78 Å². The van der Waals surface area contributed by atoms with Crippen molar-refractivity contribution in [3.05, 3.63) is 0 Å². The van der Waals surface area contributed by atoms with Gasteiger partial charge in [0.25, 0.3) is 0 Å². The zero-order chi connectivity index (χ0) is 12.1. The van der Waals surface area contributed by atoms with E-state index in [4.69, 9.17) is 5.11 Å². The van der Waals surface area contributed by atoms with Gasteiger partial charge in [0, 0.05) is 12.5 Å². The maximum Gasteiger partial charge on any atom is 0.405 e. The van der Waals surface area contributed by atoms with E-state index in [1.54, 1.807) is 0 Å². The van der Waals surface area contributed by atoms with Crippen LogP contribution in [0.4, 0.5) is 4.79 Å². The molecule has 1 aliphatic rings. The minimum atomic E-state index is -1.25.